The Morgan fingerprint density at radius 3 is 2.52 bits per heavy atom. The maximum absolute atomic E-state index is 12.2. The van der Waals surface area contributed by atoms with E-state index < -0.39 is 22.2 Å². The molecule has 0 spiro atoms. The van der Waals surface area contributed by atoms with Crippen molar-refractivity contribution in [2.75, 3.05) is 6.61 Å². The maximum atomic E-state index is 12.2. The van der Waals surface area contributed by atoms with E-state index in [9.17, 15) is 21.6 Å². The Labute approximate surface area is 133 Å². The molecular weight excluding hydrogens is 333 g/mol. The van der Waals surface area contributed by atoms with E-state index in [1.165, 1.54) is 6.08 Å². The summed E-state index contributed by atoms with van der Waals surface area (Å²) >= 11 is 0. The number of ether oxygens (including phenoxy) is 1. The van der Waals surface area contributed by atoms with Crippen molar-refractivity contribution in [1.29, 1.82) is 0 Å². The molecular formula is C15H17F3O4S. The number of benzene rings is 1. The lowest BCUT2D eigenvalue weighted by Crippen LogP contribution is -2.26. The first-order valence-electron chi connectivity index (χ1n) is 7.06. The second kappa shape index (κ2) is 7.02. The van der Waals surface area contributed by atoms with Crippen LogP contribution < -0.4 is 0 Å². The van der Waals surface area contributed by atoms with E-state index in [-0.39, 0.29) is 12.2 Å². The van der Waals surface area contributed by atoms with E-state index in [2.05, 4.69) is 4.18 Å². The summed E-state index contributed by atoms with van der Waals surface area (Å²) in [6.45, 7) is 1.13. The van der Waals surface area contributed by atoms with Crippen LogP contribution in [0.1, 0.15) is 31.4 Å². The number of hydrogen-bond donors (Lipinski definition) is 0. The van der Waals surface area contributed by atoms with Crippen LogP contribution in [-0.4, -0.2) is 26.6 Å². The first-order valence-corrected chi connectivity index (χ1v) is 8.46. The third-order valence-corrected chi connectivity index (χ3v) is 4.62. The molecule has 2 rings (SSSR count). The highest BCUT2D eigenvalue weighted by Gasteiger charge is 2.47. The molecule has 1 aromatic rings. The highest BCUT2D eigenvalue weighted by atomic mass is 32.2. The number of rotatable bonds is 4. The average molecular weight is 350 g/mol. The predicted molar refractivity (Wildman–Crippen MR) is 78.0 cm³/mol. The van der Waals surface area contributed by atoms with Gasteiger partial charge in [0.05, 0.1) is 18.8 Å². The van der Waals surface area contributed by atoms with Crippen LogP contribution in [0, 0.1) is 0 Å². The highest BCUT2D eigenvalue weighted by Crippen LogP contribution is 2.34. The minimum Gasteiger partial charge on any atom is -0.366 e. The van der Waals surface area contributed by atoms with Gasteiger partial charge in [0.15, 0.2) is 0 Å². The highest BCUT2D eigenvalue weighted by molar-refractivity contribution is 7.87. The van der Waals surface area contributed by atoms with Crippen LogP contribution >= 0.6 is 0 Å². The lowest BCUT2D eigenvalue weighted by atomic mass is 9.95. The van der Waals surface area contributed by atoms with Crippen molar-refractivity contribution < 1.29 is 30.5 Å². The largest absolute Gasteiger partial charge is 0.523 e. The van der Waals surface area contributed by atoms with Crippen molar-refractivity contribution in [1.82, 2.24) is 0 Å². The van der Waals surface area contributed by atoms with Gasteiger partial charge in [-0.1, -0.05) is 36.4 Å². The van der Waals surface area contributed by atoms with Gasteiger partial charge in [0.2, 0.25) is 0 Å². The summed E-state index contributed by atoms with van der Waals surface area (Å²) in [7, 11) is -5.56. The van der Waals surface area contributed by atoms with E-state index in [0.29, 0.717) is 12.8 Å². The summed E-state index contributed by atoms with van der Waals surface area (Å²) in [5.74, 6) is 0. The molecule has 2 unspecified atom stereocenters. The average Bonchev–Trinajstić information content (AvgIpc) is 2.48. The summed E-state index contributed by atoms with van der Waals surface area (Å²) in [6, 6.07) is 9.62. The van der Waals surface area contributed by atoms with Gasteiger partial charge in [-0.2, -0.15) is 21.6 Å². The van der Waals surface area contributed by atoms with Gasteiger partial charge in [0.1, 0.15) is 0 Å². The Hall–Kier alpha value is -1.38. The fourth-order valence-corrected chi connectivity index (χ4v) is 2.76. The lowest BCUT2D eigenvalue weighted by Gasteiger charge is -2.30. The second-order valence-corrected chi connectivity index (χ2v) is 6.79. The van der Waals surface area contributed by atoms with Crippen molar-refractivity contribution in [2.45, 2.75) is 37.5 Å². The Kier molecular flexibility index (Phi) is 5.49. The summed E-state index contributed by atoms with van der Waals surface area (Å²) in [5.41, 5.74) is -3.64. The molecule has 1 fully saturated rings. The molecule has 4 nitrogen and oxygen atoms in total. The molecule has 0 saturated carbocycles. The van der Waals surface area contributed by atoms with Crippen LogP contribution in [0.5, 0.6) is 0 Å². The smallest absolute Gasteiger partial charge is 0.366 e. The summed E-state index contributed by atoms with van der Waals surface area (Å²) < 4.78 is 67.9. The first kappa shape index (κ1) is 18.0. The topological polar surface area (TPSA) is 52.6 Å². The quantitative estimate of drug-likeness (QED) is 0.472. The van der Waals surface area contributed by atoms with E-state index in [1.807, 2.05) is 30.3 Å². The van der Waals surface area contributed by atoms with Crippen molar-refractivity contribution in [3.63, 3.8) is 0 Å². The fraction of sp³-hybridized carbons (Fsp3) is 0.467. The molecule has 1 saturated heterocycles. The van der Waals surface area contributed by atoms with Gasteiger partial charge in [-0.05, 0) is 30.9 Å². The van der Waals surface area contributed by atoms with E-state index in [0.717, 1.165) is 11.1 Å². The Morgan fingerprint density at radius 1 is 1.30 bits per heavy atom. The molecule has 128 valence electrons. The van der Waals surface area contributed by atoms with Gasteiger partial charge >= 0.3 is 15.6 Å². The molecule has 0 aliphatic carbocycles. The first-order chi connectivity index (χ1) is 10.7. The van der Waals surface area contributed by atoms with Crippen LogP contribution in [0.3, 0.4) is 0 Å². The monoisotopic (exact) mass is 350 g/mol. The van der Waals surface area contributed by atoms with Crippen molar-refractivity contribution in [2.24, 2.45) is 0 Å². The fourth-order valence-electron chi connectivity index (χ4n) is 2.38. The number of hydrogen-bond acceptors (Lipinski definition) is 4. The summed E-state index contributed by atoms with van der Waals surface area (Å²) in [4.78, 5) is 0. The third kappa shape index (κ3) is 4.55. The normalized spacial score (nSPS) is 24.8. The SMILES string of the molecule is CC1OC(c2ccccc2)CC/C1=C\COS(=O)(=O)C(F)(F)F. The second-order valence-electron chi connectivity index (χ2n) is 5.18. The van der Waals surface area contributed by atoms with Crippen LogP contribution in [0.4, 0.5) is 13.2 Å². The number of alkyl halides is 3. The van der Waals surface area contributed by atoms with Crippen molar-refractivity contribution in [3.05, 3.63) is 47.5 Å². The molecule has 8 heteroatoms. The molecule has 0 N–H and O–H groups in total. The Balaban J connectivity index is 1.94. The molecule has 1 aliphatic rings. The van der Waals surface area contributed by atoms with Gasteiger partial charge in [-0.3, -0.25) is 4.18 Å². The summed E-state index contributed by atoms with van der Waals surface area (Å²) in [5, 5.41) is 0. The van der Waals surface area contributed by atoms with Crippen LogP contribution in [0.2, 0.25) is 0 Å². The van der Waals surface area contributed by atoms with E-state index in [4.69, 9.17) is 4.74 Å². The molecule has 1 aliphatic heterocycles. The number of halogens is 3. The van der Waals surface area contributed by atoms with Gasteiger partial charge in [0.25, 0.3) is 0 Å². The van der Waals surface area contributed by atoms with E-state index >= 15 is 0 Å². The zero-order valence-corrected chi connectivity index (χ0v) is 13.2. The molecule has 0 radical (unpaired) electrons. The third-order valence-electron chi connectivity index (χ3n) is 3.61. The van der Waals surface area contributed by atoms with Gasteiger partial charge in [0, 0.05) is 0 Å². The Bertz CT molecular complexity index is 653. The lowest BCUT2D eigenvalue weighted by molar-refractivity contribution is -0.0535. The molecule has 0 bridgehead atoms. The molecule has 0 aromatic heterocycles. The minimum atomic E-state index is -5.56. The zero-order valence-electron chi connectivity index (χ0n) is 12.4. The van der Waals surface area contributed by atoms with Gasteiger partial charge in [-0.15, -0.1) is 0 Å². The minimum absolute atomic E-state index is 0.0804. The van der Waals surface area contributed by atoms with Crippen LogP contribution in [-0.2, 0) is 19.0 Å². The Morgan fingerprint density at radius 2 is 1.96 bits per heavy atom. The zero-order chi connectivity index (χ0) is 17.1. The van der Waals surface area contributed by atoms with E-state index in [1.54, 1.807) is 6.92 Å². The maximum Gasteiger partial charge on any atom is 0.523 e. The van der Waals surface area contributed by atoms with Gasteiger partial charge in [-0.25, -0.2) is 0 Å². The van der Waals surface area contributed by atoms with Crippen molar-refractivity contribution in [3.8, 4) is 0 Å². The van der Waals surface area contributed by atoms with Crippen molar-refractivity contribution >= 4 is 10.1 Å². The molecule has 0 amide bonds. The van der Waals surface area contributed by atoms with Gasteiger partial charge < -0.3 is 4.74 Å². The molecule has 23 heavy (non-hydrogen) atoms. The van der Waals surface area contributed by atoms with Crippen LogP contribution in [0.15, 0.2) is 42.0 Å². The van der Waals surface area contributed by atoms with Crippen LogP contribution in [0.25, 0.3) is 0 Å². The molecule has 1 heterocycles. The standard InChI is InChI=1S/C15H17F3O4S/c1-11-12(9-10-21-23(19,20)15(16,17)18)7-8-14(22-11)13-5-3-2-4-6-13/h2-6,9,11,14H,7-8,10H2,1H3/b12-9+. The predicted octanol–water partition coefficient (Wildman–Crippen LogP) is 3.72. The molecule has 2 atom stereocenters. The summed E-state index contributed by atoms with van der Waals surface area (Å²) in [6.07, 6.45) is 2.23. The molecule has 1 aromatic carbocycles.